The van der Waals surface area contributed by atoms with Gasteiger partial charge in [0.05, 0.1) is 62.4 Å². The number of amides is 2. The van der Waals surface area contributed by atoms with Crippen LogP contribution >= 0.6 is 0 Å². The summed E-state index contributed by atoms with van der Waals surface area (Å²) in [7, 11) is -9.52. The van der Waals surface area contributed by atoms with Crippen LogP contribution in [0.3, 0.4) is 0 Å². The lowest BCUT2D eigenvalue weighted by atomic mass is 9.69. The molecule has 6 aliphatic rings. The van der Waals surface area contributed by atoms with Crippen molar-refractivity contribution in [3.63, 3.8) is 0 Å². The van der Waals surface area contributed by atoms with Gasteiger partial charge in [-0.15, -0.1) is 0 Å². The summed E-state index contributed by atoms with van der Waals surface area (Å²) in [6, 6.07) is 7.19. The molecule has 2 heterocycles. The summed E-state index contributed by atoms with van der Waals surface area (Å²) in [6.45, 7) is 31.7. The number of methoxy groups -OCH3 is 1. The van der Waals surface area contributed by atoms with Crippen LogP contribution in [0.15, 0.2) is 24.3 Å². The maximum absolute atomic E-state index is 13.7. The fourth-order valence-electron chi connectivity index (χ4n) is 12.4. The van der Waals surface area contributed by atoms with E-state index in [1.165, 1.54) is 4.31 Å². The number of carbonyl (C=O) groups excluding carboxylic acids is 2. The van der Waals surface area contributed by atoms with Crippen LogP contribution in [0.5, 0.6) is 5.75 Å². The zero-order chi connectivity index (χ0) is 50.2. The topological polar surface area (TPSA) is 166 Å². The third kappa shape index (κ3) is 10.0. The minimum Gasteiger partial charge on any atom is -0.497 e. The number of aliphatic hydroxyl groups is 1. The highest BCUT2D eigenvalue weighted by Crippen LogP contribution is 2.71. The van der Waals surface area contributed by atoms with Crippen molar-refractivity contribution in [2.45, 2.75) is 201 Å². The number of fused-ring (bicyclic) bond motifs is 2. The van der Waals surface area contributed by atoms with Crippen LogP contribution in [0.1, 0.15) is 139 Å². The van der Waals surface area contributed by atoms with E-state index in [4.69, 9.17) is 18.3 Å². The fourth-order valence-corrected chi connectivity index (χ4v) is 19.7. The van der Waals surface area contributed by atoms with Crippen molar-refractivity contribution in [2.24, 2.45) is 33.5 Å². The summed E-state index contributed by atoms with van der Waals surface area (Å²) in [5, 5.41) is 10.6. The van der Waals surface area contributed by atoms with Gasteiger partial charge < -0.3 is 23.4 Å². The first-order valence-electron chi connectivity index (χ1n) is 24.9. The largest absolute Gasteiger partial charge is 0.497 e. The van der Waals surface area contributed by atoms with Gasteiger partial charge in [-0.05, 0) is 128 Å². The molecule has 0 radical (unpaired) electrons. The third-order valence-corrected chi connectivity index (χ3v) is 32.2. The molecule has 4 aliphatic carbocycles. The molecule has 1 aromatic rings. The van der Waals surface area contributed by atoms with Crippen LogP contribution in [0.25, 0.3) is 0 Å². The first-order valence-corrected chi connectivity index (χ1v) is 33.9. The van der Waals surface area contributed by atoms with Crippen LogP contribution in [0.2, 0.25) is 36.3 Å². The minimum absolute atomic E-state index is 0.0356. The summed E-state index contributed by atoms with van der Waals surface area (Å²) in [6.07, 6.45) is 4.85. The van der Waals surface area contributed by atoms with E-state index in [-0.39, 0.29) is 74.1 Å². The molecular weight excluding hydrogens is 925 g/mol. The highest BCUT2D eigenvalue weighted by Gasteiger charge is 2.73. The monoisotopic (exact) mass is 1010 g/mol. The van der Waals surface area contributed by atoms with Crippen molar-refractivity contribution in [3.8, 4) is 5.75 Å². The van der Waals surface area contributed by atoms with Crippen LogP contribution in [-0.4, -0.2) is 115 Å². The van der Waals surface area contributed by atoms with E-state index in [1.807, 2.05) is 24.3 Å². The molecule has 7 rings (SSSR count). The number of benzene rings is 1. The van der Waals surface area contributed by atoms with E-state index >= 15 is 0 Å². The number of carbonyl (C=O) groups is 2. The molecule has 0 aromatic heterocycles. The smallest absolute Gasteiger partial charge is 0.238 e. The van der Waals surface area contributed by atoms with Gasteiger partial charge in [-0.3, -0.25) is 9.59 Å². The average molecular weight is 1010 g/mol. The normalized spacial score (nSPS) is 30.7. The molecule has 17 heteroatoms. The molecule has 1 N–H and O–H groups in total. The Bertz CT molecular complexity index is 2200. The molecule has 8 atom stereocenters. The SMILES string of the molecule is CC1(C)C2CC[C@]13CS(=O)(=O)N(C(=O)C[C@H](O)CCO[Si](C)(C)C(C)(C)C)C3C2.COc1ccc(CO[C@H](CCO[Si](C)(C)C(C)(C)C)CC(=O)N2C3CC4CC[C@]3(CS2(=O)=O)C4(C)C)cc1. The van der Waals surface area contributed by atoms with Crippen molar-refractivity contribution in [2.75, 3.05) is 31.8 Å². The van der Waals surface area contributed by atoms with E-state index in [2.05, 4.69) is 95.4 Å². The Morgan fingerprint density at radius 3 is 1.54 bits per heavy atom. The lowest BCUT2D eigenvalue weighted by Gasteiger charge is -2.37. The van der Waals surface area contributed by atoms with Gasteiger partial charge in [-0.25, -0.2) is 25.4 Å². The van der Waals surface area contributed by atoms with Crippen molar-refractivity contribution in [1.29, 1.82) is 0 Å². The molecule has 2 amide bonds. The second-order valence-corrected chi connectivity index (χ2v) is 38.6. The van der Waals surface area contributed by atoms with Gasteiger partial charge in [0.15, 0.2) is 16.6 Å². The van der Waals surface area contributed by atoms with Crippen LogP contribution in [0.4, 0.5) is 0 Å². The highest BCUT2D eigenvalue weighted by molar-refractivity contribution is 7.90. The highest BCUT2D eigenvalue weighted by atomic mass is 32.2. The van der Waals surface area contributed by atoms with E-state index in [0.29, 0.717) is 44.5 Å². The molecule has 2 aliphatic heterocycles. The lowest BCUT2D eigenvalue weighted by molar-refractivity contribution is -0.133. The van der Waals surface area contributed by atoms with Crippen LogP contribution in [-0.2, 0) is 49.8 Å². The first kappa shape index (κ1) is 54.5. The zero-order valence-corrected chi connectivity index (χ0v) is 47.3. The summed E-state index contributed by atoms with van der Waals surface area (Å²) >= 11 is 0. The molecule has 4 unspecified atom stereocenters. The summed E-state index contributed by atoms with van der Waals surface area (Å²) in [5.41, 5.74) is 0.201. The Morgan fingerprint density at radius 1 is 0.716 bits per heavy atom. The molecule has 4 bridgehead atoms. The van der Waals surface area contributed by atoms with Gasteiger partial charge in [0.2, 0.25) is 31.9 Å². The van der Waals surface area contributed by atoms with Crippen LogP contribution < -0.4 is 4.74 Å². The van der Waals surface area contributed by atoms with Crippen molar-refractivity contribution in [1.82, 2.24) is 8.61 Å². The second-order valence-electron chi connectivity index (χ2n) is 25.3. The van der Waals surface area contributed by atoms with Crippen molar-refractivity contribution < 1.29 is 49.9 Å². The number of sulfonamides is 2. The Balaban J connectivity index is 0.000000229. The molecule has 6 fully saturated rings. The number of ether oxygens (including phenoxy) is 2. The second kappa shape index (κ2) is 18.6. The number of rotatable bonds is 16. The van der Waals surface area contributed by atoms with Gasteiger partial charge >= 0.3 is 0 Å². The Hall–Kier alpha value is -1.87. The van der Waals surface area contributed by atoms with Gasteiger partial charge in [-0.1, -0.05) is 81.4 Å². The molecular formula is C50H86N2O11S2Si2. The van der Waals surface area contributed by atoms with Gasteiger partial charge in [0.25, 0.3) is 0 Å². The quantitative estimate of drug-likeness (QED) is 0.157. The molecule has 2 saturated heterocycles. The molecule has 13 nitrogen and oxygen atoms in total. The average Bonchev–Trinajstić information content (AvgIpc) is 3.89. The predicted molar refractivity (Wildman–Crippen MR) is 268 cm³/mol. The Labute approximate surface area is 406 Å². The maximum atomic E-state index is 13.7. The van der Waals surface area contributed by atoms with Gasteiger partial charge in [0, 0.05) is 24.0 Å². The number of aliphatic hydroxyl groups excluding tert-OH is 1. The van der Waals surface area contributed by atoms with E-state index in [9.17, 15) is 31.5 Å². The summed E-state index contributed by atoms with van der Waals surface area (Å²) < 4.78 is 79.1. The minimum atomic E-state index is -3.65. The molecule has 67 heavy (non-hydrogen) atoms. The molecule has 382 valence electrons. The number of hydrogen-bond donors (Lipinski definition) is 1. The number of hydrogen-bond acceptors (Lipinski definition) is 11. The van der Waals surface area contributed by atoms with E-state index in [0.717, 1.165) is 54.1 Å². The summed E-state index contributed by atoms with van der Waals surface area (Å²) in [4.78, 5) is 26.7. The van der Waals surface area contributed by atoms with E-state index < -0.39 is 54.8 Å². The van der Waals surface area contributed by atoms with Gasteiger partial charge in [0.1, 0.15) is 5.75 Å². The third-order valence-electron chi connectivity index (χ3n) is 19.2. The zero-order valence-electron chi connectivity index (χ0n) is 43.6. The first-order chi connectivity index (χ1) is 30.6. The fraction of sp³-hybridized carbons (Fsp3) is 0.840. The standard InChI is InChI=1S/C29H47NO6SSi.C21H39NO5SSi/c1-27(2,3)38(7,8)36-16-14-24(35-19-21-9-11-23(34-6)12-10-21)18-26(31)30-25-17-22-13-15-29(25,28(22,4)5)20-37(30,32)33;1-19(2,3)29(6,7)27-11-9-16(23)13-18(24)22-17-12-15-8-10-21(17,20(15,4)5)14-28(22,25)26/h9-12,22,24-25H,13-20H2,1-8H3;15-17,23H,8-14H2,1-7H3/t22?,24-,25?,29-;15?,16-,17?,21-/m11/s1. The predicted octanol–water partition coefficient (Wildman–Crippen LogP) is 9.27. The van der Waals surface area contributed by atoms with Crippen molar-refractivity contribution >= 4 is 48.5 Å². The van der Waals surface area contributed by atoms with Crippen molar-refractivity contribution in [3.05, 3.63) is 29.8 Å². The van der Waals surface area contributed by atoms with Gasteiger partial charge in [-0.2, -0.15) is 0 Å². The lowest BCUT2D eigenvalue weighted by Crippen LogP contribution is -2.45. The summed E-state index contributed by atoms with van der Waals surface area (Å²) in [5.74, 6) is 1.10. The molecule has 1 aromatic carbocycles. The molecule has 4 saturated carbocycles. The maximum Gasteiger partial charge on any atom is 0.238 e. The van der Waals surface area contributed by atoms with Crippen LogP contribution in [0, 0.1) is 33.5 Å². The Kier molecular flexibility index (Phi) is 15.1. The van der Waals surface area contributed by atoms with E-state index in [1.54, 1.807) is 7.11 Å². The number of nitrogens with zero attached hydrogens (tertiary/aromatic N) is 2. The molecule has 2 spiro atoms. The Morgan fingerprint density at radius 2 is 1.13 bits per heavy atom.